The van der Waals surface area contributed by atoms with Crippen molar-refractivity contribution in [2.45, 2.75) is 118 Å². The van der Waals surface area contributed by atoms with Gasteiger partial charge in [-0.15, -0.1) is 0 Å². The number of amides is 3. The maximum atomic E-state index is 14.9. The number of rotatable bonds is 17. The van der Waals surface area contributed by atoms with Crippen LogP contribution in [0, 0.1) is 11.6 Å². The molecule has 6 aromatic rings. The first kappa shape index (κ1) is 97.3. The zero-order valence-electron chi connectivity index (χ0n) is 58.5. The number of fused-ring (bicyclic) bond motifs is 1. The first-order valence-corrected chi connectivity index (χ1v) is 38.1. The van der Waals surface area contributed by atoms with Crippen molar-refractivity contribution in [1.82, 2.24) is 56.8 Å². The Kier molecular flexibility index (Phi) is 36.4. The number of sulfonamides is 2. The van der Waals surface area contributed by atoms with Gasteiger partial charge in [-0.25, -0.2) is 74.2 Å². The molecule has 113 heavy (non-hydrogen) atoms. The maximum Gasteiger partial charge on any atom is 0.431 e. The second kappa shape index (κ2) is 42.3. The zero-order chi connectivity index (χ0) is 82.1. The molecule has 10 rings (SSSR count). The van der Waals surface area contributed by atoms with Crippen LogP contribution in [0.1, 0.15) is 106 Å². The van der Waals surface area contributed by atoms with Gasteiger partial charge in [-0.1, -0.05) is 75.4 Å². The van der Waals surface area contributed by atoms with Gasteiger partial charge in [0.2, 0.25) is 37.8 Å². The van der Waals surface area contributed by atoms with E-state index >= 15 is 0 Å². The molecule has 8 heterocycles. The van der Waals surface area contributed by atoms with Crippen molar-refractivity contribution in [3.05, 3.63) is 149 Å². The number of aliphatic imine (C=N–C) groups is 3. The zero-order valence-corrected chi connectivity index (χ0v) is 63.3. The van der Waals surface area contributed by atoms with E-state index < -0.39 is 172 Å². The average Bonchev–Trinajstić information content (AvgIpc) is 1.04. The van der Waals surface area contributed by atoms with Gasteiger partial charge in [0.05, 0.1) is 69.8 Å². The van der Waals surface area contributed by atoms with E-state index in [0.29, 0.717) is 35.7 Å². The molecule has 2 unspecified atom stereocenters. The number of alkyl halides is 6. The van der Waals surface area contributed by atoms with Crippen molar-refractivity contribution < 1.29 is 100 Å². The number of imidazole rings is 2. The van der Waals surface area contributed by atoms with Gasteiger partial charge < -0.3 is 19.5 Å². The number of carboxylic acids is 1. The molecule has 3 saturated heterocycles. The minimum absolute atomic E-state index is 0. The number of aliphatic carboxylic acids is 1. The molecule has 4 N–H and O–H groups in total. The highest BCUT2D eigenvalue weighted by Gasteiger charge is 2.43. The largest absolute Gasteiger partial charge is 0.481 e. The van der Waals surface area contributed by atoms with Crippen LogP contribution in [0.15, 0.2) is 108 Å². The number of nitrogens with two attached hydrogens (primary N) is 1. The van der Waals surface area contributed by atoms with Gasteiger partial charge in [0, 0.05) is 83.5 Å². The lowest BCUT2D eigenvalue weighted by molar-refractivity contribution is -0.146. The summed E-state index contributed by atoms with van der Waals surface area (Å²) in [4.78, 5) is 160. The van der Waals surface area contributed by atoms with Crippen LogP contribution >= 0.6 is 46.7 Å². The SMILES string of the molecule is C.C.C.C1CCC2=NCCCN2CC1.CCOC(=O)CN1C(=O)C(CC(=O)NS(=O)(=O)CC)SC1=Nc1cc(-n2c(=O)cc(C(F)(F)F)n(C)c2=O)c(F)cc1Cl.CCOC(=O)CN1C(=O)C(CC(=O)O)SC1=Nc1cc(-n2c(=O)cc(C(F)(F)F)n(C)c2=O)c(F)cc1Cl.CCS(N)(=O)=O.O=C(n1ccnc1)n1ccnc1. The Morgan fingerprint density at radius 2 is 1.05 bits per heavy atom. The van der Waals surface area contributed by atoms with Crippen LogP contribution in [0.2, 0.25) is 10.0 Å². The molecule has 0 aliphatic carbocycles. The molecule has 4 aliphatic heterocycles. The Hall–Kier alpha value is -9.90. The van der Waals surface area contributed by atoms with Crippen LogP contribution in [-0.4, -0.2) is 200 Å². The number of carbonyl (C=O) groups is 7. The molecular weight excluding hydrogens is 1640 g/mol. The lowest BCUT2D eigenvalue weighted by Crippen LogP contribution is -2.41. The van der Waals surface area contributed by atoms with Crippen LogP contribution in [0.3, 0.4) is 0 Å². The fraction of sp³-hybridized carbons (Fsp3) is 0.446. The average molecular weight is 1720 g/mol. The Morgan fingerprint density at radius 3 is 1.42 bits per heavy atom. The third kappa shape index (κ3) is 26.6. The Balaban J connectivity index is 0.000000422. The van der Waals surface area contributed by atoms with Gasteiger partial charge in [-0.2, -0.15) is 26.3 Å². The van der Waals surface area contributed by atoms with Crippen molar-refractivity contribution in [3.8, 4) is 11.4 Å². The van der Waals surface area contributed by atoms with E-state index in [-0.39, 0.29) is 104 Å². The first-order chi connectivity index (χ1) is 51.4. The Labute approximate surface area is 658 Å². The van der Waals surface area contributed by atoms with Crippen LogP contribution in [0.5, 0.6) is 0 Å². The van der Waals surface area contributed by atoms with Crippen molar-refractivity contribution in [3.63, 3.8) is 0 Å². The molecule has 4 aromatic heterocycles. The quantitative estimate of drug-likeness (QED) is 0.0588. The summed E-state index contributed by atoms with van der Waals surface area (Å²) in [6, 6.07) is 2.85. The topological polar surface area (TPSA) is 435 Å². The van der Waals surface area contributed by atoms with Crippen LogP contribution in [0.25, 0.3) is 11.4 Å². The number of primary sulfonamides is 1. The molecule has 2 atom stereocenters. The maximum absolute atomic E-state index is 14.9. The number of esters is 2. The van der Waals surface area contributed by atoms with Crippen molar-refractivity contribution >= 4 is 136 Å². The molecule has 0 spiro atoms. The number of nitrogens with zero attached hydrogens (tertiary/aromatic N) is 14. The smallest absolute Gasteiger partial charge is 0.431 e. The minimum atomic E-state index is -5.06. The van der Waals surface area contributed by atoms with Gasteiger partial charge in [0.25, 0.3) is 11.1 Å². The molecule has 3 fully saturated rings. The fourth-order valence-corrected chi connectivity index (χ4v) is 13.1. The van der Waals surface area contributed by atoms with Crippen LogP contribution < -0.4 is 32.4 Å². The minimum Gasteiger partial charge on any atom is -0.481 e. The van der Waals surface area contributed by atoms with Gasteiger partial charge in [-0.3, -0.25) is 76.1 Å². The van der Waals surface area contributed by atoms with Gasteiger partial charge in [0.15, 0.2) is 10.3 Å². The third-order valence-electron chi connectivity index (χ3n) is 15.2. The van der Waals surface area contributed by atoms with E-state index in [1.165, 1.54) is 101 Å². The monoisotopic (exact) mass is 1720 g/mol. The number of carbonyl (C=O) groups excluding carboxylic acids is 6. The second-order valence-corrected chi connectivity index (χ2v) is 30.0. The van der Waals surface area contributed by atoms with E-state index in [9.17, 15) is 105 Å². The first-order valence-electron chi connectivity index (χ1n) is 32.2. The predicted octanol–water partition coefficient (Wildman–Crippen LogP) is 7.48. The number of hydrogen-bond acceptors (Lipinski definition) is 25. The lowest BCUT2D eigenvalue weighted by Gasteiger charge is -2.27. The number of amidine groups is 3. The van der Waals surface area contributed by atoms with E-state index in [2.05, 4.69) is 35.0 Å². The summed E-state index contributed by atoms with van der Waals surface area (Å²) < 4.78 is 167. The van der Waals surface area contributed by atoms with Gasteiger partial charge in [0.1, 0.15) is 59.3 Å². The standard InChI is InChI=1S/C23H22ClF4N5O8S2.C21H17ClF4N4O7S.C9H16N2.C7H6N4O.C2H7NO2S.3CH4/c1-4-41-19(36)10-32-20(37)15(8-17(34)30-43(39,40)5-2)42-21(32)29-13-7-14(12(25)6-11(13)24)33-18(35)9-16(23(26,27)28)31(3)22(33)38;1-3-37-17(34)8-29-18(35)13(6-16(32)33)38-19(29)27-11-5-12(10(23)4-9(11)22)30-15(31)7-14(21(24,25)26)28(2)20(30)36;1-2-5-9-10-6-4-8-11(9)7-3-1;12-7(10-3-1-8-5-10)11-4-2-9-6-11;1-2-6(3,4)5;;;/h6-7,9,15H,4-5,8,10H2,1-3H3,(H,30,34);4-5,7,13H,3,6,8H2,1-2H3,(H,32,33);1-8H2;1-6H;2H2,1H3,(H2,3,4,5);3*1H4. The van der Waals surface area contributed by atoms with E-state index in [4.69, 9.17) is 37.8 Å². The summed E-state index contributed by atoms with van der Waals surface area (Å²) in [7, 11) is -5.64. The van der Waals surface area contributed by atoms with Crippen LogP contribution in [-0.2, 0) is 84.7 Å². The van der Waals surface area contributed by atoms with E-state index in [1.807, 2.05) is 0 Å². The number of benzene rings is 2. The molecule has 4 aliphatic rings. The number of nitrogens with one attached hydrogen (secondary N) is 1. The van der Waals surface area contributed by atoms with Crippen molar-refractivity contribution in [2.75, 3.05) is 57.4 Å². The summed E-state index contributed by atoms with van der Waals surface area (Å²) >= 11 is 13.5. The summed E-state index contributed by atoms with van der Waals surface area (Å²) in [5.74, 6) is -7.20. The van der Waals surface area contributed by atoms with Gasteiger partial charge in [-0.05, 0) is 71.2 Å². The molecule has 0 radical (unpaired) electrons. The highest BCUT2D eigenvalue weighted by molar-refractivity contribution is 8.16. The normalized spacial score (nSPS) is 16.1. The molecule has 3 amide bonds. The highest BCUT2D eigenvalue weighted by Crippen LogP contribution is 2.38. The van der Waals surface area contributed by atoms with E-state index in [1.54, 1.807) is 29.5 Å². The molecule has 48 heteroatoms. The number of aromatic nitrogens is 8. The number of halogens is 10. The summed E-state index contributed by atoms with van der Waals surface area (Å²) in [5, 5.41) is 9.83. The summed E-state index contributed by atoms with van der Waals surface area (Å²) in [6.07, 6.45) is 4.42. The lowest BCUT2D eigenvalue weighted by atomic mass is 10.2. The second-order valence-electron chi connectivity index (χ2n) is 22.9. The highest BCUT2D eigenvalue weighted by atomic mass is 35.5. The van der Waals surface area contributed by atoms with Crippen LogP contribution in [0.4, 0.5) is 51.3 Å². The third-order valence-corrected chi connectivity index (χ3v) is 20.3. The summed E-state index contributed by atoms with van der Waals surface area (Å²) in [6.45, 7) is 8.00. The molecule has 0 saturated carbocycles. The van der Waals surface area contributed by atoms with Gasteiger partial charge >= 0.3 is 47.7 Å². The predicted molar refractivity (Wildman–Crippen MR) is 404 cm³/mol. The molecule has 2 aromatic carbocycles. The molecular formula is C65H80Cl2F8N16O18S4. The number of hydrogen-bond donors (Lipinski definition) is 3. The molecule has 34 nitrogen and oxygen atoms in total. The molecule has 622 valence electrons. The fourth-order valence-electron chi connectivity index (χ4n) is 9.86. The number of ether oxygens (including phenoxy) is 2. The summed E-state index contributed by atoms with van der Waals surface area (Å²) in [5.41, 5.74) is -11.5. The Morgan fingerprint density at radius 1 is 0.637 bits per heavy atom. The molecule has 0 bridgehead atoms. The van der Waals surface area contributed by atoms with E-state index in [0.717, 1.165) is 42.6 Å². The van der Waals surface area contributed by atoms with Crippen molar-refractivity contribution in [2.24, 2.45) is 34.2 Å². The number of carboxylic acid groups (broad SMARTS) is 1. The van der Waals surface area contributed by atoms with Crippen molar-refractivity contribution in [1.29, 1.82) is 0 Å². The number of thioether (sulfide) groups is 2. The Bertz CT molecular complexity index is 5000.